The zero-order valence-electron chi connectivity index (χ0n) is 10.6. The lowest BCUT2D eigenvalue weighted by Gasteiger charge is -2.18. The van der Waals surface area contributed by atoms with Crippen LogP contribution in [0.3, 0.4) is 0 Å². The van der Waals surface area contributed by atoms with Crippen LogP contribution in [-0.2, 0) is 9.53 Å². The number of carbonyl (C=O) groups excluding carboxylic acids is 1. The number of fused-ring (bicyclic) bond motifs is 4. The molecule has 0 aromatic rings. The van der Waals surface area contributed by atoms with Gasteiger partial charge in [0.05, 0.1) is 18.7 Å². The first-order valence-electron chi connectivity index (χ1n) is 6.84. The molecule has 0 radical (unpaired) electrons. The average molecular weight is 249 g/mol. The summed E-state index contributed by atoms with van der Waals surface area (Å²) in [6.07, 6.45) is 5.96. The summed E-state index contributed by atoms with van der Waals surface area (Å²) in [7, 11) is 0. The van der Waals surface area contributed by atoms with Crippen LogP contribution >= 0.6 is 0 Å². The predicted molar refractivity (Wildman–Crippen MR) is 66.4 cm³/mol. The van der Waals surface area contributed by atoms with Crippen LogP contribution in [0, 0.1) is 23.7 Å². The molecule has 0 aromatic carbocycles. The van der Waals surface area contributed by atoms with Crippen molar-refractivity contribution in [3.05, 3.63) is 11.1 Å². The minimum absolute atomic E-state index is 0.0850. The molecule has 2 bridgehead atoms. The highest BCUT2D eigenvalue weighted by Crippen LogP contribution is 2.58. The van der Waals surface area contributed by atoms with E-state index < -0.39 is 0 Å². The van der Waals surface area contributed by atoms with E-state index in [2.05, 4.69) is 5.16 Å². The highest BCUT2D eigenvalue weighted by molar-refractivity contribution is 5.81. The fourth-order valence-corrected chi connectivity index (χ4v) is 4.22. The van der Waals surface area contributed by atoms with Gasteiger partial charge in [-0.15, -0.1) is 5.16 Å². The van der Waals surface area contributed by atoms with E-state index in [1.165, 1.54) is 30.4 Å². The van der Waals surface area contributed by atoms with E-state index >= 15 is 0 Å². The van der Waals surface area contributed by atoms with Crippen LogP contribution < -0.4 is 0 Å². The quantitative estimate of drug-likeness (QED) is 0.275. The third kappa shape index (κ3) is 1.58. The Kier molecular flexibility index (Phi) is 2.88. The molecule has 4 nitrogen and oxygen atoms in total. The number of esters is 1. The Morgan fingerprint density at radius 2 is 2.11 bits per heavy atom. The Bertz CT molecular complexity index is 427. The van der Waals surface area contributed by atoms with Gasteiger partial charge in [-0.25, -0.2) is 0 Å². The van der Waals surface area contributed by atoms with Crippen molar-refractivity contribution in [3.63, 3.8) is 0 Å². The van der Waals surface area contributed by atoms with Crippen molar-refractivity contribution in [1.29, 1.82) is 0 Å². The van der Waals surface area contributed by atoms with Crippen molar-refractivity contribution >= 4 is 12.2 Å². The first kappa shape index (κ1) is 11.8. The molecule has 18 heavy (non-hydrogen) atoms. The van der Waals surface area contributed by atoms with Crippen LogP contribution in [0.4, 0.5) is 0 Å². The molecule has 4 atom stereocenters. The highest BCUT2D eigenvalue weighted by Gasteiger charge is 2.50. The summed E-state index contributed by atoms with van der Waals surface area (Å²) >= 11 is 0. The Morgan fingerprint density at radius 3 is 2.78 bits per heavy atom. The maximum atomic E-state index is 12.1. The van der Waals surface area contributed by atoms with Crippen molar-refractivity contribution in [2.45, 2.75) is 32.6 Å². The summed E-state index contributed by atoms with van der Waals surface area (Å²) < 4.78 is 5.19. The van der Waals surface area contributed by atoms with E-state index in [1.54, 1.807) is 6.21 Å². The molecule has 0 spiro atoms. The molecule has 1 N–H and O–H groups in total. The predicted octanol–water partition coefficient (Wildman–Crippen LogP) is 2.37. The van der Waals surface area contributed by atoms with Crippen LogP contribution in [0.2, 0.25) is 0 Å². The first-order chi connectivity index (χ1) is 8.76. The molecular weight excluding hydrogens is 230 g/mol. The number of rotatable bonds is 3. The maximum absolute atomic E-state index is 12.1. The lowest BCUT2D eigenvalue weighted by Crippen LogP contribution is -2.21. The van der Waals surface area contributed by atoms with Gasteiger partial charge >= 0.3 is 5.97 Å². The third-order valence-electron chi connectivity index (χ3n) is 4.73. The second-order valence-corrected chi connectivity index (χ2v) is 5.53. The molecule has 3 aliphatic carbocycles. The summed E-state index contributed by atoms with van der Waals surface area (Å²) in [5.41, 5.74) is 2.72. The maximum Gasteiger partial charge on any atom is 0.313 e. The second kappa shape index (κ2) is 4.41. The second-order valence-electron chi connectivity index (χ2n) is 5.53. The van der Waals surface area contributed by atoms with Gasteiger partial charge in [-0.3, -0.25) is 4.79 Å². The Labute approximate surface area is 107 Å². The van der Waals surface area contributed by atoms with E-state index in [0.717, 1.165) is 6.42 Å². The Balaban J connectivity index is 1.91. The molecule has 4 heteroatoms. The van der Waals surface area contributed by atoms with Crippen molar-refractivity contribution < 1.29 is 14.7 Å². The van der Waals surface area contributed by atoms with Crippen LogP contribution in [0.1, 0.15) is 32.6 Å². The van der Waals surface area contributed by atoms with Gasteiger partial charge in [0.25, 0.3) is 0 Å². The number of oxime groups is 1. The Morgan fingerprint density at radius 1 is 1.39 bits per heavy atom. The molecule has 3 rings (SSSR count). The summed E-state index contributed by atoms with van der Waals surface area (Å²) in [5.74, 6) is 1.17. The molecular formula is C14H19NO3. The minimum Gasteiger partial charge on any atom is -0.466 e. The van der Waals surface area contributed by atoms with Gasteiger partial charge in [0, 0.05) is 5.92 Å². The summed E-state index contributed by atoms with van der Waals surface area (Å²) in [4.78, 5) is 12.1. The van der Waals surface area contributed by atoms with E-state index in [-0.39, 0.29) is 17.8 Å². The Hall–Kier alpha value is -1.32. The molecule has 98 valence electrons. The molecule has 0 amide bonds. The molecule has 3 aliphatic rings. The minimum atomic E-state index is -0.0913. The third-order valence-corrected chi connectivity index (χ3v) is 4.73. The van der Waals surface area contributed by atoms with Gasteiger partial charge in [-0.2, -0.15) is 0 Å². The van der Waals surface area contributed by atoms with Gasteiger partial charge in [0.2, 0.25) is 0 Å². The molecule has 0 aromatic heterocycles. The number of allylic oxidation sites excluding steroid dienone is 1. The molecule has 0 heterocycles. The SMILES string of the molecule is CCOC(=O)[C@H]1C[C@@H](/C=N\O)C2=C1[C@H]1CC[C@H]2C1. The largest absolute Gasteiger partial charge is 0.466 e. The van der Waals surface area contributed by atoms with Crippen LogP contribution in [-0.4, -0.2) is 24.0 Å². The number of carbonyl (C=O) groups is 1. The van der Waals surface area contributed by atoms with Crippen molar-refractivity contribution in [2.75, 3.05) is 6.61 Å². The first-order valence-corrected chi connectivity index (χ1v) is 6.84. The normalized spacial score (nSPS) is 37.6. The monoisotopic (exact) mass is 249 g/mol. The number of hydrogen-bond acceptors (Lipinski definition) is 4. The van der Waals surface area contributed by atoms with Gasteiger partial charge in [-0.05, 0) is 44.4 Å². The van der Waals surface area contributed by atoms with Gasteiger partial charge in [0.15, 0.2) is 0 Å². The van der Waals surface area contributed by atoms with Crippen LogP contribution in [0.15, 0.2) is 16.3 Å². The van der Waals surface area contributed by atoms with Crippen molar-refractivity contribution in [1.82, 2.24) is 0 Å². The summed E-state index contributed by atoms with van der Waals surface area (Å²) in [6, 6.07) is 0. The molecule has 1 fully saturated rings. The average Bonchev–Trinajstić information content (AvgIpc) is 3.01. The zero-order chi connectivity index (χ0) is 12.7. The van der Waals surface area contributed by atoms with Gasteiger partial charge < -0.3 is 9.94 Å². The summed E-state index contributed by atoms with van der Waals surface area (Å²) in [5, 5.41) is 12.0. The lowest BCUT2D eigenvalue weighted by atomic mass is 9.88. The van der Waals surface area contributed by atoms with E-state index in [9.17, 15) is 4.79 Å². The zero-order valence-corrected chi connectivity index (χ0v) is 10.6. The standard InChI is InChI=1S/C14H19NO3/c1-2-18-14(16)11-6-10(7-15-17)12-8-3-4-9(5-8)13(11)12/h7-11,17H,2-6H2,1H3/b15-7-/t8-,9-,10-,11-/m0/s1. The fraction of sp³-hybridized carbons (Fsp3) is 0.714. The van der Waals surface area contributed by atoms with Crippen LogP contribution in [0.25, 0.3) is 0 Å². The molecule has 0 aliphatic heterocycles. The smallest absolute Gasteiger partial charge is 0.313 e. The van der Waals surface area contributed by atoms with E-state index in [4.69, 9.17) is 9.94 Å². The van der Waals surface area contributed by atoms with Crippen molar-refractivity contribution in [3.8, 4) is 0 Å². The molecule has 0 saturated heterocycles. The van der Waals surface area contributed by atoms with Gasteiger partial charge in [0.1, 0.15) is 0 Å². The highest BCUT2D eigenvalue weighted by atomic mass is 16.5. The topological polar surface area (TPSA) is 58.9 Å². The number of nitrogens with zero attached hydrogens (tertiary/aromatic N) is 1. The van der Waals surface area contributed by atoms with Crippen LogP contribution in [0.5, 0.6) is 0 Å². The molecule has 1 saturated carbocycles. The fourth-order valence-electron chi connectivity index (χ4n) is 4.22. The lowest BCUT2D eigenvalue weighted by molar-refractivity contribution is -0.146. The van der Waals surface area contributed by atoms with Gasteiger partial charge in [-0.1, -0.05) is 11.1 Å². The number of hydrogen-bond donors (Lipinski definition) is 1. The van der Waals surface area contributed by atoms with E-state index in [0.29, 0.717) is 18.4 Å². The van der Waals surface area contributed by atoms with Crippen molar-refractivity contribution in [2.24, 2.45) is 28.8 Å². The number of ether oxygens (including phenoxy) is 1. The molecule has 0 unspecified atom stereocenters. The summed E-state index contributed by atoms with van der Waals surface area (Å²) in [6.45, 7) is 2.28. The van der Waals surface area contributed by atoms with E-state index in [1.807, 2.05) is 6.92 Å².